The maximum atomic E-state index is 12.2. The summed E-state index contributed by atoms with van der Waals surface area (Å²) in [6, 6.07) is 3.41. The largest absolute Gasteiger partial charge is 0.496 e. The van der Waals surface area contributed by atoms with Crippen LogP contribution in [0.25, 0.3) is 0 Å². The second kappa shape index (κ2) is 7.75. The number of hydrogen-bond donors (Lipinski definition) is 2. The number of carbonyl (C=O) groups excluding carboxylic acids is 1. The monoisotopic (exact) mass is 281 g/mol. The number of benzene rings is 1. The van der Waals surface area contributed by atoms with Crippen molar-refractivity contribution in [2.24, 2.45) is 0 Å². The second-order valence-corrected chi connectivity index (χ2v) is 4.75. The highest BCUT2D eigenvalue weighted by Gasteiger charge is 2.15. The van der Waals surface area contributed by atoms with Crippen molar-refractivity contribution in [1.82, 2.24) is 5.32 Å². The number of aliphatic hydroxyl groups is 1. The highest BCUT2D eigenvalue weighted by molar-refractivity contribution is 5.95. The third kappa shape index (κ3) is 4.13. The van der Waals surface area contributed by atoms with Gasteiger partial charge < -0.3 is 19.9 Å². The molecule has 0 saturated heterocycles. The van der Waals surface area contributed by atoms with Gasteiger partial charge in [0.15, 0.2) is 0 Å². The van der Waals surface area contributed by atoms with E-state index in [9.17, 15) is 4.79 Å². The molecule has 0 spiro atoms. The minimum atomic E-state index is -0.174. The Morgan fingerprint density at radius 3 is 2.30 bits per heavy atom. The molecule has 0 aromatic heterocycles. The fraction of sp³-hybridized carbons (Fsp3) is 0.533. The van der Waals surface area contributed by atoms with Crippen molar-refractivity contribution in [1.29, 1.82) is 0 Å². The maximum Gasteiger partial charge on any atom is 0.251 e. The lowest BCUT2D eigenvalue weighted by Crippen LogP contribution is -2.32. The van der Waals surface area contributed by atoms with E-state index in [-0.39, 0.29) is 18.6 Å². The van der Waals surface area contributed by atoms with Crippen LogP contribution in [0.1, 0.15) is 35.7 Å². The first kappa shape index (κ1) is 16.3. The second-order valence-electron chi connectivity index (χ2n) is 4.75. The quantitative estimate of drug-likeness (QED) is 0.801. The van der Waals surface area contributed by atoms with E-state index < -0.39 is 0 Å². The van der Waals surface area contributed by atoms with Gasteiger partial charge in [-0.15, -0.1) is 0 Å². The van der Waals surface area contributed by atoms with E-state index in [1.165, 1.54) is 0 Å². The van der Waals surface area contributed by atoms with Crippen LogP contribution in [0, 0.1) is 6.92 Å². The van der Waals surface area contributed by atoms with E-state index in [1.54, 1.807) is 26.4 Å². The van der Waals surface area contributed by atoms with Crippen LogP contribution in [-0.4, -0.2) is 37.9 Å². The smallest absolute Gasteiger partial charge is 0.251 e. The Morgan fingerprint density at radius 2 is 1.85 bits per heavy atom. The molecular weight excluding hydrogens is 258 g/mol. The highest BCUT2D eigenvalue weighted by atomic mass is 16.5. The van der Waals surface area contributed by atoms with E-state index >= 15 is 0 Å². The molecule has 5 nitrogen and oxygen atoms in total. The summed E-state index contributed by atoms with van der Waals surface area (Å²) in [5.41, 5.74) is 1.36. The van der Waals surface area contributed by atoms with Gasteiger partial charge in [0.1, 0.15) is 11.5 Å². The van der Waals surface area contributed by atoms with Gasteiger partial charge in [-0.25, -0.2) is 0 Å². The maximum absolute atomic E-state index is 12.2. The van der Waals surface area contributed by atoms with E-state index in [0.717, 1.165) is 12.0 Å². The molecule has 1 aromatic rings. The Labute approximate surface area is 119 Å². The third-order valence-electron chi connectivity index (χ3n) is 3.19. The molecule has 0 heterocycles. The molecule has 0 aliphatic heterocycles. The first-order valence-electron chi connectivity index (χ1n) is 6.67. The van der Waals surface area contributed by atoms with Gasteiger partial charge in [-0.2, -0.15) is 0 Å². The van der Waals surface area contributed by atoms with Gasteiger partial charge in [0, 0.05) is 23.8 Å². The third-order valence-corrected chi connectivity index (χ3v) is 3.19. The molecular formula is C15H23NO4. The number of amides is 1. The van der Waals surface area contributed by atoms with Crippen molar-refractivity contribution in [3.63, 3.8) is 0 Å². The normalized spacial score (nSPS) is 11.8. The Hall–Kier alpha value is -1.75. The van der Waals surface area contributed by atoms with Crippen LogP contribution in [0.2, 0.25) is 0 Å². The Kier molecular flexibility index (Phi) is 6.31. The van der Waals surface area contributed by atoms with Crippen molar-refractivity contribution >= 4 is 5.91 Å². The number of carbonyl (C=O) groups is 1. The molecule has 0 aliphatic carbocycles. The number of nitrogens with one attached hydrogen (secondary N) is 1. The van der Waals surface area contributed by atoms with Crippen molar-refractivity contribution < 1.29 is 19.4 Å². The number of rotatable bonds is 7. The van der Waals surface area contributed by atoms with E-state index in [0.29, 0.717) is 23.5 Å². The zero-order valence-electron chi connectivity index (χ0n) is 12.5. The Balaban J connectivity index is 2.87. The van der Waals surface area contributed by atoms with Gasteiger partial charge >= 0.3 is 0 Å². The lowest BCUT2D eigenvalue weighted by Gasteiger charge is -2.15. The zero-order valence-corrected chi connectivity index (χ0v) is 12.5. The molecule has 1 atom stereocenters. The van der Waals surface area contributed by atoms with Crippen LogP contribution >= 0.6 is 0 Å². The molecule has 2 N–H and O–H groups in total. The van der Waals surface area contributed by atoms with Crippen LogP contribution < -0.4 is 14.8 Å². The van der Waals surface area contributed by atoms with E-state index in [2.05, 4.69) is 5.32 Å². The first-order valence-corrected chi connectivity index (χ1v) is 6.67. The summed E-state index contributed by atoms with van der Waals surface area (Å²) in [7, 11) is 3.13. The number of aliphatic hydroxyl groups excluding tert-OH is 1. The van der Waals surface area contributed by atoms with Gasteiger partial charge in [0.2, 0.25) is 0 Å². The SMILES string of the molecule is COc1cc(C(=O)NC(C)CCCO)cc(OC)c1C. The van der Waals surface area contributed by atoms with Crippen LogP contribution in [-0.2, 0) is 0 Å². The molecule has 1 rings (SSSR count). The molecule has 0 bridgehead atoms. The van der Waals surface area contributed by atoms with Crippen LogP contribution in [0.15, 0.2) is 12.1 Å². The fourth-order valence-corrected chi connectivity index (χ4v) is 1.99. The molecule has 1 aromatic carbocycles. The van der Waals surface area contributed by atoms with Crippen molar-refractivity contribution in [3.8, 4) is 11.5 Å². The minimum absolute atomic E-state index is 0.00735. The predicted molar refractivity (Wildman–Crippen MR) is 77.5 cm³/mol. The minimum Gasteiger partial charge on any atom is -0.496 e. The predicted octanol–water partition coefficient (Wildman–Crippen LogP) is 1.90. The van der Waals surface area contributed by atoms with Crippen LogP contribution in [0.4, 0.5) is 0 Å². The topological polar surface area (TPSA) is 67.8 Å². The molecule has 20 heavy (non-hydrogen) atoms. The van der Waals surface area contributed by atoms with Gasteiger partial charge in [-0.3, -0.25) is 4.79 Å². The van der Waals surface area contributed by atoms with Crippen LogP contribution in [0.3, 0.4) is 0 Å². The lowest BCUT2D eigenvalue weighted by molar-refractivity contribution is 0.0935. The molecule has 5 heteroatoms. The summed E-state index contributed by atoms with van der Waals surface area (Å²) in [4.78, 5) is 12.2. The molecule has 0 fully saturated rings. The summed E-state index contributed by atoms with van der Waals surface area (Å²) in [5, 5.41) is 11.7. The number of ether oxygens (including phenoxy) is 2. The van der Waals surface area contributed by atoms with Crippen molar-refractivity contribution in [2.45, 2.75) is 32.7 Å². The zero-order chi connectivity index (χ0) is 15.1. The summed E-state index contributed by atoms with van der Waals surface area (Å²) in [5.74, 6) is 1.07. The van der Waals surface area contributed by atoms with E-state index in [1.807, 2.05) is 13.8 Å². The standard InChI is InChI=1S/C15H23NO4/c1-10(6-5-7-17)16-15(18)12-8-13(19-3)11(2)14(9-12)20-4/h8-10,17H,5-7H2,1-4H3,(H,16,18). The number of methoxy groups -OCH3 is 2. The Bertz CT molecular complexity index is 434. The molecule has 0 saturated carbocycles. The summed E-state index contributed by atoms with van der Waals surface area (Å²) >= 11 is 0. The summed E-state index contributed by atoms with van der Waals surface area (Å²) in [6.07, 6.45) is 1.41. The molecule has 1 amide bonds. The molecule has 112 valence electrons. The molecule has 1 unspecified atom stereocenters. The van der Waals surface area contributed by atoms with E-state index in [4.69, 9.17) is 14.6 Å². The number of hydrogen-bond acceptors (Lipinski definition) is 4. The lowest BCUT2D eigenvalue weighted by atomic mass is 10.1. The summed E-state index contributed by atoms with van der Waals surface area (Å²) < 4.78 is 10.5. The first-order chi connectivity index (χ1) is 9.53. The Morgan fingerprint density at radius 1 is 1.30 bits per heavy atom. The average molecular weight is 281 g/mol. The van der Waals surface area contributed by atoms with Gasteiger partial charge in [0.05, 0.1) is 14.2 Å². The van der Waals surface area contributed by atoms with Gasteiger partial charge in [-0.1, -0.05) is 0 Å². The fourth-order valence-electron chi connectivity index (χ4n) is 1.99. The summed E-state index contributed by atoms with van der Waals surface area (Å²) in [6.45, 7) is 3.92. The van der Waals surface area contributed by atoms with Gasteiger partial charge in [-0.05, 0) is 38.8 Å². The van der Waals surface area contributed by atoms with Gasteiger partial charge in [0.25, 0.3) is 5.91 Å². The highest BCUT2D eigenvalue weighted by Crippen LogP contribution is 2.29. The molecule has 0 aliphatic rings. The van der Waals surface area contributed by atoms with Crippen molar-refractivity contribution in [2.75, 3.05) is 20.8 Å². The average Bonchev–Trinajstić information content (AvgIpc) is 2.45. The molecule has 0 radical (unpaired) electrons. The van der Waals surface area contributed by atoms with Crippen LogP contribution in [0.5, 0.6) is 11.5 Å². The van der Waals surface area contributed by atoms with Crippen molar-refractivity contribution in [3.05, 3.63) is 23.3 Å².